The van der Waals surface area contributed by atoms with Gasteiger partial charge in [-0.15, -0.1) is 0 Å². The summed E-state index contributed by atoms with van der Waals surface area (Å²) in [4.78, 5) is 10.6. The molecule has 1 saturated heterocycles. The van der Waals surface area contributed by atoms with Gasteiger partial charge in [0.2, 0.25) is 0 Å². The predicted molar refractivity (Wildman–Crippen MR) is 54.1 cm³/mol. The van der Waals surface area contributed by atoms with Crippen molar-refractivity contribution < 1.29 is 9.84 Å². The van der Waals surface area contributed by atoms with Crippen molar-refractivity contribution in [3.8, 4) is 0 Å². The Labute approximate surface area is 88.7 Å². The second-order valence-corrected chi connectivity index (χ2v) is 3.73. The van der Waals surface area contributed by atoms with Crippen molar-refractivity contribution in [1.82, 2.24) is 14.9 Å². The van der Waals surface area contributed by atoms with Gasteiger partial charge in [0.05, 0.1) is 13.2 Å². The fourth-order valence-electron chi connectivity index (χ4n) is 1.55. The van der Waals surface area contributed by atoms with Gasteiger partial charge in [0.25, 0.3) is 0 Å². The minimum absolute atomic E-state index is 0.0221. The van der Waals surface area contributed by atoms with E-state index in [1.807, 2.05) is 0 Å². The van der Waals surface area contributed by atoms with E-state index in [1.165, 1.54) is 0 Å². The standard InChI is InChI=1S/C10H15N3O2/c1-13-2-3-15-9(6-13)10-11-4-8(7-14)5-12-10/h4-5,9,14H,2-3,6-7H2,1H3. The molecule has 0 amide bonds. The summed E-state index contributed by atoms with van der Waals surface area (Å²) in [6.07, 6.45) is 3.23. The summed E-state index contributed by atoms with van der Waals surface area (Å²) in [5.74, 6) is 0.693. The Hall–Kier alpha value is -1.04. The molecule has 1 N–H and O–H groups in total. The Morgan fingerprint density at radius 1 is 1.53 bits per heavy atom. The summed E-state index contributed by atoms with van der Waals surface area (Å²) in [6.45, 7) is 2.46. The van der Waals surface area contributed by atoms with Gasteiger partial charge < -0.3 is 14.7 Å². The van der Waals surface area contributed by atoms with E-state index in [0.29, 0.717) is 12.4 Å². The molecule has 1 aliphatic heterocycles. The first-order valence-electron chi connectivity index (χ1n) is 5.01. The van der Waals surface area contributed by atoms with Crippen molar-refractivity contribution in [3.63, 3.8) is 0 Å². The number of nitrogens with zero attached hydrogens (tertiary/aromatic N) is 3. The molecule has 82 valence electrons. The van der Waals surface area contributed by atoms with E-state index >= 15 is 0 Å². The molecule has 1 unspecified atom stereocenters. The van der Waals surface area contributed by atoms with Crippen LogP contribution in [0.5, 0.6) is 0 Å². The number of hydrogen-bond donors (Lipinski definition) is 1. The van der Waals surface area contributed by atoms with E-state index in [4.69, 9.17) is 9.84 Å². The average Bonchev–Trinajstić information content (AvgIpc) is 2.29. The zero-order chi connectivity index (χ0) is 10.7. The average molecular weight is 209 g/mol. The van der Waals surface area contributed by atoms with Crippen LogP contribution in [0.1, 0.15) is 17.5 Å². The van der Waals surface area contributed by atoms with Gasteiger partial charge in [-0.3, -0.25) is 0 Å². The van der Waals surface area contributed by atoms with Crippen molar-refractivity contribution in [2.45, 2.75) is 12.7 Å². The molecule has 5 nitrogen and oxygen atoms in total. The lowest BCUT2D eigenvalue weighted by atomic mass is 10.2. The van der Waals surface area contributed by atoms with Crippen LogP contribution in [0, 0.1) is 0 Å². The second-order valence-electron chi connectivity index (χ2n) is 3.73. The minimum atomic E-state index is -0.0449. The van der Waals surface area contributed by atoms with Crippen LogP contribution in [0.2, 0.25) is 0 Å². The highest BCUT2D eigenvalue weighted by molar-refractivity contribution is 5.05. The number of hydrogen-bond acceptors (Lipinski definition) is 5. The molecule has 0 aliphatic carbocycles. The highest BCUT2D eigenvalue weighted by Crippen LogP contribution is 2.17. The van der Waals surface area contributed by atoms with E-state index in [0.717, 1.165) is 18.7 Å². The van der Waals surface area contributed by atoms with Gasteiger partial charge in [0.1, 0.15) is 6.10 Å². The molecular weight excluding hydrogens is 194 g/mol. The molecule has 2 rings (SSSR count). The highest BCUT2D eigenvalue weighted by atomic mass is 16.5. The van der Waals surface area contributed by atoms with Crippen molar-refractivity contribution in [1.29, 1.82) is 0 Å². The molecule has 1 aromatic heterocycles. The Balaban J connectivity index is 2.07. The third-order valence-electron chi connectivity index (χ3n) is 2.47. The van der Waals surface area contributed by atoms with Crippen LogP contribution in [0.4, 0.5) is 0 Å². The molecular formula is C10H15N3O2. The van der Waals surface area contributed by atoms with Crippen molar-refractivity contribution >= 4 is 0 Å². The van der Waals surface area contributed by atoms with Crippen molar-refractivity contribution in [2.24, 2.45) is 0 Å². The summed E-state index contributed by atoms with van der Waals surface area (Å²) in [5, 5.41) is 8.86. The predicted octanol–water partition coefficient (Wildman–Crippen LogP) is -0.0280. The fourth-order valence-corrected chi connectivity index (χ4v) is 1.55. The quantitative estimate of drug-likeness (QED) is 0.741. The summed E-state index contributed by atoms with van der Waals surface area (Å²) in [5.41, 5.74) is 0.725. The summed E-state index contributed by atoms with van der Waals surface area (Å²) in [6, 6.07) is 0. The second kappa shape index (κ2) is 4.65. The van der Waals surface area contributed by atoms with Gasteiger partial charge in [-0.25, -0.2) is 9.97 Å². The van der Waals surface area contributed by atoms with Crippen LogP contribution < -0.4 is 0 Å². The number of morpholine rings is 1. The Kier molecular flexibility index (Phi) is 3.25. The number of ether oxygens (including phenoxy) is 1. The van der Waals surface area contributed by atoms with Gasteiger partial charge in [-0.1, -0.05) is 0 Å². The van der Waals surface area contributed by atoms with Crippen LogP contribution in [0.25, 0.3) is 0 Å². The maximum absolute atomic E-state index is 8.86. The maximum atomic E-state index is 8.86. The first-order chi connectivity index (χ1) is 7.29. The molecule has 1 aromatic rings. The van der Waals surface area contributed by atoms with E-state index < -0.39 is 0 Å². The lowest BCUT2D eigenvalue weighted by molar-refractivity contribution is -0.0255. The van der Waals surface area contributed by atoms with Crippen LogP contribution >= 0.6 is 0 Å². The van der Waals surface area contributed by atoms with Crippen LogP contribution in [-0.2, 0) is 11.3 Å². The highest BCUT2D eigenvalue weighted by Gasteiger charge is 2.21. The van der Waals surface area contributed by atoms with E-state index in [1.54, 1.807) is 12.4 Å². The number of aromatic nitrogens is 2. The normalized spacial score (nSPS) is 22.9. The SMILES string of the molecule is CN1CCOC(c2ncc(CO)cn2)C1. The van der Waals surface area contributed by atoms with E-state index in [9.17, 15) is 0 Å². The molecule has 2 heterocycles. The molecule has 1 aliphatic rings. The molecule has 0 aromatic carbocycles. The third-order valence-corrected chi connectivity index (χ3v) is 2.47. The molecule has 0 bridgehead atoms. The van der Waals surface area contributed by atoms with Gasteiger partial charge in [-0.05, 0) is 7.05 Å². The molecule has 0 radical (unpaired) electrons. The zero-order valence-corrected chi connectivity index (χ0v) is 8.76. The lowest BCUT2D eigenvalue weighted by Crippen LogP contribution is -2.36. The van der Waals surface area contributed by atoms with Crippen LogP contribution in [-0.4, -0.2) is 46.7 Å². The fraction of sp³-hybridized carbons (Fsp3) is 0.600. The van der Waals surface area contributed by atoms with Crippen LogP contribution in [0.15, 0.2) is 12.4 Å². The molecule has 0 saturated carbocycles. The van der Waals surface area contributed by atoms with E-state index in [2.05, 4.69) is 21.9 Å². The molecule has 5 heteroatoms. The van der Waals surface area contributed by atoms with Gasteiger partial charge in [0, 0.05) is 31.0 Å². The van der Waals surface area contributed by atoms with Gasteiger partial charge >= 0.3 is 0 Å². The number of aliphatic hydroxyl groups is 1. The first-order valence-corrected chi connectivity index (χ1v) is 5.01. The third kappa shape index (κ3) is 2.50. The smallest absolute Gasteiger partial charge is 0.158 e. The Morgan fingerprint density at radius 2 is 2.27 bits per heavy atom. The summed E-state index contributed by atoms with van der Waals surface area (Å²) >= 11 is 0. The monoisotopic (exact) mass is 209 g/mol. The minimum Gasteiger partial charge on any atom is -0.392 e. The number of rotatable bonds is 2. The number of likely N-dealkylation sites (N-methyl/N-ethyl adjacent to an activating group) is 1. The number of aliphatic hydroxyl groups excluding tert-OH is 1. The van der Waals surface area contributed by atoms with Crippen molar-refractivity contribution in [3.05, 3.63) is 23.8 Å². The summed E-state index contributed by atoms with van der Waals surface area (Å²) in [7, 11) is 2.05. The maximum Gasteiger partial charge on any atom is 0.158 e. The first kappa shape index (κ1) is 10.5. The van der Waals surface area contributed by atoms with Crippen molar-refractivity contribution in [2.75, 3.05) is 26.7 Å². The van der Waals surface area contributed by atoms with E-state index in [-0.39, 0.29) is 12.7 Å². The van der Waals surface area contributed by atoms with Gasteiger partial charge in [0.15, 0.2) is 5.82 Å². The molecule has 15 heavy (non-hydrogen) atoms. The molecule has 1 fully saturated rings. The Morgan fingerprint density at radius 3 is 2.87 bits per heavy atom. The topological polar surface area (TPSA) is 58.5 Å². The lowest BCUT2D eigenvalue weighted by Gasteiger charge is -2.28. The van der Waals surface area contributed by atoms with Crippen LogP contribution in [0.3, 0.4) is 0 Å². The zero-order valence-electron chi connectivity index (χ0n) is 8.76. The molecule has 1 atom stereocenters. The summed E-state index contributed by atoms with van der Waals surface area (Å²) < 4.78 is 5.58. The van der Waals surface area contributed by atoms with Gasteiger partial charge in [-0.2, -0.15) is 0 Å². The largest absolute Gasteiger partial charge is 0.392 e. The molecule has 0 spiro atoms. The Bertz CT molecular complexity index is 315.